The highest BCUT2D eigenvalue weighted by Gasteiger charge is 2.49. The Labute approximate surface area is 380 Å². The van der Waals surface area contributed by atoms with Crippen molar-refractivity contribution in [2.24, 2.45) is 0 Å². The van der Waals surface area contributed by atoms with Crippen LogP contribution in [0.15, 0.2) is 156 Å². The molecular formula is C60H59BN2O. The molecular weight excluding hydrogens is 775 g/mol. The quantitative estimate of drug-likeness (QED) is 0.165. The van der Waals surface area contributed by atoms with E-state index in [1.165, 1.54) is 90.0 Å². The predicted molar refractivity (Wildman–Crippen MR) is 273 cm³/mol. The minimum atomic E-state index is -0.181. The second-order valence-corrected chi connectivity index (χ2v) is 22.1. The van der Waals surface area contributed by atoms with E-state index in [9.17, 15) is 0 Å². The summed E-state index contributed by atoms with van der Waals surface area (Å²) in [6.45, 7) is 23.5. The van der Waals surface area contributed by atoms with Gasteiger partial charge in [0.05, 0.1) is 5.69 Å². The van der Waals surface area contributed by atoms with Crippen molar-refractivity contribution in [1.29, 1.82) is 0 Å². The molecule has 7 aromatic carbocycles. The van der Waals surface area contributed by atoms with Crippen molar-refractivity contribution in [3.8, 4) is 33.4 Å². The first-order valence-corrected chi connectivity index (χ1v) is 23.3. The van der Waals surface area contributed by atoms with Crippen molar-refractivity contribution < 1.29 is 4.42 Å². The maximum absolute atomic E-state index is 7.34. The molecule has 0 unspecified atom stereocenters. The molecule has 1 aliphatic carbocycles. The smallest absolute Gasteiger partial charge is 0.337 e. The van der Waals surface area contributed by atoms with Crippen LogP contribution in [0.1, 0.15) is 104 Å². The number of hydrogen-bond acceptors (Lipinski definition) is 3. The Kier molecular flexibility index (Phi) is 8.94. The van der Waals surface area contributed by atoms with Crippen LogP contribution in [0.3, 0.4) is 0 Å². The highest BCUT2D eigenvalue weighted by atomic mass is 16.4. The van der Waals surface area contributed by atoms with Gasteiger partial charge in [0, 0.05) is 39.0 Å². The Morgan fingerprint density at radius 2 is 1.12 bits per heavy atom. The first kappa shape index (κ1) is 40.5. The fraction of sp³-hybridized carbons (Fsp3) is 0.267. The van der Waals surface area contributed by atoms with Crippen molar-refractivity contribution in [3.63, 3.8) is 0 Å². The van der Waals surface area contributed by atoms with E-state index < -0.39 is 0 Å². The van der Waals surface area contributed by atoms with Crippen LogP contribution in [-0.4, -0.2) is 6.85 Å². The number of rotatable bonds is 4. The molecule has 64 heavy (non-hydrogen) atoms. The lowest BCUT2D eigenvalue weighted by Gasteiger charge is -2.46. The molecule has 0 amide bonds. The fourth-order valence-corrected chi connectivity index (χ4v) is 11.0. The standard InChI is InChI=1S/C60H59BN2O/c1-57(2,3)41-26-30-50(46(34-41)39-21-15-12-16-22-39)62-52-36-42(58(4,5)6)35-47-44-28-25-40(38-19-13-11-14-20-38)33-51(44)63(43-27-29-48-49(37-43)60(9,10)32-31-59(48,7)8)61(54(47)52)55-45-23-17-18-24-53(45)64-56(55)62/h11-30,33-37H,31-32H2,1-10H3. The zero-order valence-corrected chi connectivity index (χ0v) is 39.2. The third kappa shape index (κ3) is 6.31. The van der Waals surface area contributed by atoms with E-state index in [1.807, 2.05) is 0 Å². The minimum Gasteiger partial charge on any atom is -0.440 e. The molecule has 318 valence electrons. The molecule has 0 N–H and O–H groups in total. The third-order valence-corrected chi connectivity index (χ3v) is 14.8. The first-order valence-electron chi connectivity index (χ1n) is 23.3. The summed E-state index contributed by atoms with van der Waals surface area (Å²) in [5, 5.41) is 1.14. The topological polar surface area (TPSA) is 19.6 Å². The van der Waals surface area contributed by atoms with Crippen molar-refractivity contribution in [1.82, 2.24) is 0 Å². The molecule has 0 radical (unpaired) electrons. The van der Waals surface area contributed by atoms with Crippen LogP contribution in [0, 0.1) is 0 Å². The lowest BCUT2D eigenvalue weighted by molar-refractivity contribution is 0.332. The van der Waals surface area contributed by atoms with Gasteiger partial charge in [-0.3, -0.25) is 4.90 Å². The molecule has 11 rings (SSSR count). The third-order valence-electron chi connectivity index (χ3n) is 14.8. The average Bonchev–Trinajstić information content (AvgIpc) is 3.67. The highest BCUT2D eigenvalue weighted by Crippen LogP contribution is 2.53. The summed E-state index contributed by atoms with van der Waals surface area (Å²) in [6.07, 6.45) is 2.33. The molecule has 3 heterocycles. The van der Waals surface area contributed by atoms with Gasteiger partial charge in [-0.15, -0.1) is 0 Å². The maximum Gasteiger partial charge on any atom is 0.337 e. The SMILES string of the molecule is CC(C)(C)c1ccc(N2c3cc(C(C)(C)C)cc4c3B(c3c2oc2ccccc32)N(c2ccc3c(c2)C(C)(C)CCC3(C)C)c2cc(-c3ccccc3)ccc2-4)c(-c2ccccc2)c1. The second kappa shape index (κ2) is 14.1. The van der Waals surface area contributed by atoms with Crippen LogP contribution < -0.4 is 20.6 Å². The summed E-state index contributed by atoms with van der Waals surface area (Å²) in [7, 11) is 0. The summed E-state index contributed by atoms with van der Waals surface area (Å²) >= 11 is 0. The summed E-state index contributed by atoms with van der Waals surface area (Å²) in [5.74, 6) is 0.878. The van der Waals surface area contributed by atoms with Gasteiger partial charge in [0.25, 0.3) is 0 Å². The van der Waals surface area contributed by atoms with Gasteiger partial charge in [-0.2, -0.15) is 0 Å². The van der Waals surface area contributed by atoms with Crippen LogP contribution in [-0.2, 0) is 21.7 Å². The number of benzene rings is 7. The summed E-state index contributed by atoms with van der Waals surface area (Å²) in [6, 6.07) is 57.2. The molecule has 0 bridgehead atoms. The number of nitrogens with zero attached hydrogens (tertiary/aromatic N) is 2. The second-order valence-electron chi connectivity index (χ2n) is 22.1. The van der Waals surface area contributed by atoms with Gasteiger partial charge in [0.2, 0.25) is 5.88 Å². The molecule has 0 fully saturated rings. The van der Waals surface area contributed by atoms with E-state index in [0.717, 1.165) is 29.0 Å². The monoisotopic (exact) mass is 834 g/mol. The van der Waals surface area contributed by atoms with Gasteiger partial charge in [0.15, 0.2) is 0 Å². The molecule has 0 atom stereocenters. The van der Waals surface area contributed by atoms with E-state index >= 15 is 0 Å². The summed E-state index contributed by atoms with van der Waals surface area (Å²) in [4.78, 5) is 5.16. The van der Waals surface area contributed by atoms with Crippen LogP contribution in [0.25, 0.3) is 44.3 Å². The number of para-hydroxylation sites is 1. The molecule has 2 aliphatic heterocycles. The Bertz CT molecular complexity index is 3140. The number of anilines is 5. The largest absolute Gasteiger partial charge is 0.440 e. The summed E-state index contributed by atoms with van der Waals surface area (Å²) < 4.78 is 7.34. The molecule has 0 saturated carbocycles. The van der Waals surface area contributed by atoms with E-state index in [0.29, 0.717) is 0 Å². The Morgan fingerprint density at radius 3 is 1.83 bits per heavy atom. The van der Waals surface area contributed by atoms with E-state index in [-0.39, 0.29) is 28.5 Å². The minimum absolute atomic E-state index is 0.0354. The van der Waals surface area contributed by atoms with Crippen molar-refractivity contribution in [2.45, 2.75) is 104 Å². The van der Waals surface area contributed by atoms with Gasteiger partial charge >= 0.3 is 6.85 Å². The molecule has 3 aliphatic rings. The lowest BCUT2D eigenvalue weighted by atomic mass is 9.43. The van der Waals surface area contributed by atoms with Crippen LogP contribution in [0.2, 0.25) is 0 Å². The normalized spacial score (nSPS) is 16.0. The number of hydrogen-bond donors (Lipinski definition) is 0. The van der Waals surface area contributed by atoms with E-state index in [2.05, 4.69) is 231 Å². The molecule has 3 nitrogen and oxygen atoms in total. The van der Waals surface area contributed by atoms with Crippen molar-refractivity contribution in [2.75, 3.05) is 9.71 Å². The molecule has 1 aromatic heterocycles. The van der Waals surface area contributed by atoms with Crippen LogP contribution >= 0.6 is 0 Å². The van der Waals surface area contributed by atoms with Gasteiger partial charge < -0.3 is 9.23 Å². The van der Waals surface area contributed by atoms with Gasteiger partial charge in [0.1, 0.15) is 5.58 Å². The lowest BCUT2D eigenvalue weighted by Crippen LogP contribution is -2.61. The predicted octanol–water partition coefficient (Wildman–Crippen LogP) is 15.4. The van der Waals surface area contributed by atoms with E-state index in [1.54, 1.807) is 0 Å². The van der Waals surface area contributed by atoms with Crippen LogP contribution in [0.5, 0.6) is 0 Å². The van der Waals surface area contributed by atoms with Gasteiger partial charge in [-0.1, -0.05) is 178 Å². The average molecular weight is 835 g/mol. The fourth-order valence-electron chi connectivity index (χ4n) is 11.0. The number of fused-ring (bicyclic) bond motifs is 7. The molecule has 0 spiro atoms. The maximum atomic E-state index is 7.34. The highest BCUT2D eigenvalue weighted by molar-refractivity contribution is 6.95. The zero-order chi connectivity index (χ0) is 44.5. The van der Waals surface area contributed by atoms with Crippen molar-refractivity contribution >= 4 is 57.4 Å². The first-order chi connectivity index (χ1) is 30.5. The van der Waals surface area contributed by atoms with E-state index in [4.69, 9.17) is 4.42 Å². The molecule has 4 heteroatoms. The van der Waals surface area contributed by atoms with Crippen LogP contribution in [0.4, 0.5) is 28.6 Å². The van der Waals surface area contributed by atoms with Gasteiger partial charge in [-0.05, 0) is 127 Å². The number of furan rings is 1. The van der Waals surface area contributed by atoms with Gasteiger partial charge in [-0.25, -0.2) is 0 Å². The molecule has 8 aromatic rings. The zero-order valence-electron chi connectivity index (χ0n) is 39.2. The Balaban J connectivity index is 1.28. The molecule has 0 saturated heterocycles. The Morgan fingerprint density at radius 1 is 0.484 bits per heavy atom. The van der Waals surface area contributed by atoms with Crippen molar-refractivity contribution in [3.05, 3.63) is 174 Å². The summed E-state index contributed by atoms with van der Waals surface area (Å²) in [5.41, 5.74) is 20.9. The Hall–Kier alpha value is -6.26.